The van der Waals surface area contributed by atoms with Gasteiger partial charge in [0.1, 0.15) is 0 Å². The molecule has 0 bridgehead atoms. The zero-order chi connectivity index (χ0) is 33.4. The number of rotatable bonds is 4. The second-order valence-electron chi connectivity index (χ2n) is 13.8. The van der Waals surface area contributed by atoms with Gasteiger partial charge in [0.15, 0.2) is 5.82 Å². The Balaban J connectivity index is 1.15. The van der Waals surface area contributed by atoms with Crippen LogP contribution in [0.25, 0.3) is 83.3 Å². The zero-order valence-corrected chi connectivity index (χ0v) is 27.9. The van der Waals surface area contributed by atoms with Crippen LogP contribution in [0.1, 0.15) is 25.0 Å². The van der Waals surface area contributed by atoms with Gasteiger partial charge >= 0.3 is 0 Å². The summed E-state index contributed by atoms with van der Waals surface area (Å²) in [4.78, 5) is 10.5. The summed E-state index contributed by atoms with van der Waals surface area (Å²) in [6, 6.07) is 58.7. The van der Waals surface area contributed by atoms with Gasteiger partial charge in [0.25, 0.3) is 0 Å². The van der Waals surface area contributed by atoms with E-state index in [-0.39, 0.29) is 5.41 Å². The van der Waals surface area contributed by atoms with Crippen LogP contribution in [-0.4, -0.2) is 14.5 Å². The molecule has 10 rings (SSSR count). The molecule has 1 aliphatic rings. The maximum absolute atomic E-state index is 5.27. The van der Waals surface area contributed by atoms with Gasteiger partial charge in [0, 0.05) is 38.6 Å². The number of hydrogen-bond donors (Lipinski definition) is 0. The first-order valence-electron chi connectivity index (χ1n) is 17.3. The minimum Gasteiger partial charge on any atom is -0.309 e. The van der Waals surface area contributed by atoms with Gasteiger partial charge in [-0.3, -0.25) is 0 Å². The minimum atomic E-state index is -0.133. The molecule has 0 spiro atoms. The van der Waals surface area contributed by atoms with E-state index in [9.17, 15) is 0 Å². The molecule has 50 heavy (non-hydrogen) atoms. The topological polar surface area (TPSA) is 30.7 Å². The molecule has 0 saturated carbocycles. The first-order valence-corrected chi connectivity index (χ1v) is 17.3. The molecule has 0 radical (unpaired) electrons. The highest BCUT2D eigenvalue weighted by Gasteiger charge is 2.37. The third-order valence-electron chi connectivity index (χ3n) is 10.6. The third-order valence-corrected chi connectivity index (χ3v) is 10.6. The molecule has 9 aromatic rings. The van der Waals surface area contributed by atoms with E-state index in [1.165, 1.54) is 54.8 Å². The maximum Gasteiger partial charge on any atom is 0.160 e. The van der Waals surface area contributed by atoms with E-state index >= 15 is 0 Å². The molecule has 1 aliphatic carbocycles. The van der Waals surface area contributed by atoms with Crippen LogP contribution >= 0.6 is 0 Å². The van der Waals surface area contributed by atoms with Gasteiger partial charge in [-0.15, -0.1) is 0 Å². The Kier molecular flexibility index (Phi) is 6.22. The Labute approximate surface area is 291 Å². The SMILES string of the molecule is CC1(C)c2cc3ccccc3cc2-c2c(-c3cc(-c4ccc(-n5c6ccccc6c6ccccc65)cc4)nc(-c4ccccc4)n3)cccc21. The summed E-state index contributed by atoms with van der Waals surface area (Å²) in [5.74, 6) is 0.721. The lowest BCUT2D eigenvalue weighted by Crippen LogP contribution is -2.14. The van der Waals surface area contributed by atoms with Gasteiger partial charge in [0.05, 0.1) is 22.4 Å². The Morgan fingerprint density at radius 2 is 1.08 bits per heavy atom. The summed E-state index contributed by atoms with van der Waals surface area (Å²) in [7, 11) is 0. The molecular formula is C47H33N3. The summed E-state index contributed by atoms with van der Waals surface area (Å²) in [6.45, 7) is 4.69. The second-order valence-corrected chi connectivity index (χ2v) is 13.8. The maximum atomic E-state index is 5.27. The largest absolute Gasteiger partial charge is 0.309 e. The monoisotopic (exact) mass is 639 g/mol. The van der Waals surface area contributed by atoms with E-state index < -0.39 is 0 Å². The number of nitrogens with zero attached hydrogens (tertiary/aromatic N) is 3. The van der Waals surface area contributed by atoms with Crippen LogP contribution in [0.3, 0.4) is 0 Å². The van der Waals surface area contributed by atoms with Gasteiger partial charge in [-0.1, -0.05) is 135 Å². The normalized spacial score (nSPS) is 13.2. The van der Waals surface area contributed by atoms with Crippen LogP contribution in [0.4, 0.5) is 0 Å². The third kappa shape index (κ3) is 4.30. The highest BCUT2D eigenvalue weighted by atomic mass is 15.0. The molecule has 0 unspecified atom stereocenters. The van der Waals surface area contributed by atoms with Crippen molar-refractivity contribution in [2.24, 2.45) is 0 Å². The number of hydrogen-bond acceptors (Lipinski definition) is 2. The molecule has 0 N–H and O–H groups in total. The van der Waals surface area contributed by atoms with Crippen LogP contribution in [0.15, 0.2) is 164 Å². The predicted molar refractivity (Wildman–Crippen MR) is 208 cm³/mol. The van der Waals surface area contributed by atoms with Crippen molar-refractivity contribution < 1.29 is 0 Å². The number of fused-ring (bicyclic) bond motifs is 7. The Morgan fingerprint density at radius 3 is 1.80 bits per heavy atom. The molecule has 0 amide bonds. The smallest absolute Gasteiger partial charge is 0.160 e. The van der Waals surface area contributed by atoms with Crippen molar-refractivity contribution in [3.8, 4) is 50.7 Å². The highest BCUT2D eigenvalue weighted by Crippen LogP contribution is 2.53. The van der Waals surface area contributed by atoms with Gasteiger partial charge in [-0.05, 0) is 75.5 Å². The van der Waals surface area contributed by atoms with Crippen molar-refractivity contribution >= 4 is 32.6 Å². The quantitative estimate of drug-likeness (QED) is 0.192. The Morgan fingerprint density at radius 1 is 0.460 bits per heavy atom. The van der Waals surface area contributed by atoms with Crippen LogP contribution in [-0.2, 0) is 5.41 Å². The van der Waals surface area contributed by atoms with Gasteiger partial charge < -0.3 is 4.57 Å². The summed E-state index contributed by atoms with van der Waals surface area (Å²) in [6.07, 6.45) is 0. The summed E-state index contributed by atoms with van der Waals surface area (Å²) in [5, 5.41) is 5.04. The van der Waals surface area contributed by atoms with Gasteiger partial charge in [-0.25, -0.2) is 9.97 Å². The van der Waals surface area contributed by atoms with Gasteiger partial charge in [0.2, 0.25) is 0 Å². The molecule has 0 aliphatic heterocycles. The van der Waals surface area contributed by atoms with Crippen molar-refractivity contribution in [1.29, 1.82) is 0 Å². The number of para-hydroxylation sites is 2. The lowest BCUT2D eigenvalue weighted by molar-refractivity contribution is 0.661. The van der Waals surface area contributed by atoms with Crippen molar-refractivity contribution in [3.63, 3.8) is 0 Å². The van der Waals surface area contributed by atoms with Crippen LogP contribution in [0.2, 0.25) is 0 Å². The lowest BCUT2D eigenvalue weighted by atomic mass is 9.81. The van der Waals surface area contributed by atoms with E-state index in [4.69, 9.17) is 9.97 Å². The second kappa shape index (κ2) is 10.8. The average molecular weight is 640 g/mol. The molecule has 0 saturated heterocycles. The van der Waals surface area contributed by atoms with E-state index in [2.05, 4.69) is 176 Å². The van der Waals surface area contributed by atoms with Crippen molar-refractivity contribution in [1.82, 2.24) is 14.5 Å². The number of benzene rings is 7. The number of aromatic nitrogens is 3. The molecule has 7 aromatic carbocycles. The Bertz CT molecular complexity index is 2720. The minimum absolute atomic E-state index is 0.133. The molecule has 0 fully saturated rings. The van der Waals surface area contributed by atoms with Crippen LogP contribution < -0.4 is 0 Å². The lowest BCUT2D eigenvalue weighted by Gasteiger charge is -2.22. The van der Waals surface area contributed by atoms with Crippen molar-refractivity contribution in [2.45, 2.75) is 19.3 Å². The van der Waals surface area contributed by atoms with Crippen molar-refractivity contribution in [2.75, 3.05) is 0 Å². The van der Waals surface area contributed by atoms with E-state index in [0.29, 0.717) is 0 Å². The van der Waals surface area contributed by atoms with Crippen molar-refractivity contribution in [3.05, 3.63) is 175 Å². The first-order chi connectivity index (χ1) is 24.5. The summed E-state index contributed by atoms with van der Waals surface area (Å²) >= 11 is 0. The average Bonchev–Trinajstić information content (AvgIpc) is 3.62. The van der Waals surface area contributed by atoms with Crippen LogP contribution in [0.5, 0.6) is 0 Å². The van der Waals surface area contributed by atoms with E-state index in [1.807, 2.05) is 6.07 Å². The fraction of sp³-hybridized carbons (Fsp3) is 0.0638. The zero-order valence-electron chi connectivity index (χ0n) is 27.9. The first kappa shape index (κ1) is 28.7. The molecule has 0 atom stereocenters. The van der Waals surface area contributed by atoms with Crippen LogP contribution in [0, 0.1) is 0 Å². The van der Waals surface area contributed by atoms with Gasteiger partial charge in [-0.2, -0.15) is 0 Å². The molecular weight excluding hydrogens is 607 g/mol. The van der Waals surface area contributed by atoms with E-state index in [0.717, 1.165) is 39.6 Å². The highest BCUT2D eigenvalue weighted by molar-refractivity contribution is 6.09. The predicted octanol–water partition coefficient (Wildman–Crippen LogP) is 12.0. The molecule has 2 heterocycles. The standard InChI is InChI=1S/C47H33N3/c1-47(2)39-20-12-19-37(45(39)38-27-32-15-6-7-16-33(32)28-40(38)47)42-29-41(48-46(49-42)31-13-4-3-5-14-31)30-23-25-34(26-24-30)50-43-21-10-8-17-35(43)36-18-9-11-22-44(36)50/h3-29H,1-2H3. The molecule has 3 heteroatoms. The molecule has 236 valence electrons. The summed E-state index contributed by atoms with van der Waals surface area (Å²) < 4.78 is 2.35. The summed E-state index contributed by atoms with van der Waals surface area (Å²) in [5.41, 5.74) is 13.6. The van der Waals surface area contributed by atoms with E-state index in [1.54, 1.807) is 0 Å². The molecule has 2 aromatic heterocycles. The fourth-order valence-corrected chi connectivity index (χ4v) is 8.12. The Hall–Kier alpha value is -6.32. The fourth-order valence-electron chi connectivity index (χ4n) is 8.12. The molecule has 3 nitrogen and oxygen atoms in total.